The molecule has 0 saturated carbocycles. The number of aryl methyl sites for hydroxylation is 1. The van der Waals surface area contributed by atoms with Crippen LogP contribution in [0.5, 0.6) is 0 Å². The van der Waals surface area contributed by atoms with E-state index in [4.69, 9.17) is 0 Å². The predicted octanol–water partition coefficient (Wildman–Crippen LogP) is 2.97. The molecule has 1 aromatic heterocycles. The molecule has 1 atom stereocenters. The van der Waals surface area contributed by atoms with E-state index in [1.807, 2.05) is 30.0 Å². The van der Waals surface area contributed by atoms with Crippen molar-refractivity contribution < 1.29 is 9.18 Å². The van der Waals surface area contributed by atoms with Crippen LogP contribution in [0.4, 0.5) is 10.1 Å². The second-order valence-electron chi connectivity index (χ2n) is 7.46. The molecular formula is C22H24FN5O. The van der Waals surface area contributed by atoms with Crippen LogP contribution in [0.3, 0.4) is 0 Å². The summed E-state index contributed by atoms with van der Waals surface area (Å²) in [4.78, 5) is 29.9. The Morgan fingerprint density at radius 3 is 2.69 bits per heavy atom. The van der Waals surface area contributed by atoms with Crippen LogP contribution in [0.25, 0.3) is 0 Å². The molecule has 7 heteroatoms. The van der Waals surface area contributed by atoms with Crippen LogP contribution in [0.2, 0.25) is 0 Å². The lowest BCUT2D eigenvalue weighted by Crippen LogP contribution is -2.49. The Labute approximate surface area is 169 Å². The minimum Gasteiger partial charge on any atom is -0.368 e. The van der Waals surface area contributed by atoms with Gasteiger partial charge < -0.3 is 9.80 Å². The molecule has 0 radical (unpaired) electrons. The van der Waals surface area contributed by atoms with Gasteiger partial charge >= 0.3 is 0 Å². The van der Waals surface area contributed by atoms with Crippen LogP contribution in [0.15, 0.2) is 52.6 Å². The third kappa shape index (κ3) is 4.04. The lowest BCUT2D eigenvalue weighted by molar-refractivity contribution is -0.131. The van der Waals surface area contributed by atoms with Crippen molar-refractivity contribution >= 4 is 24.1 Å². The first kappa shape index (κ1) is 19.2. The number of piperazine rings is 1. The maximum Gasteiger partial charge on any atom is 0.222 e. The van der Waals surface area contributed by atoms with Gasteiger partial charge in [0, 0.05) is 50.7 Å². The van der Waals surface area contributed by atoms with Crippen LogP contribution in [0.1, 0.15) is 24.1 Å². The summed E-state index contributed by atoms with van der Waals surface area (Å²) >= 11 is 0. The predicted molar refractivity (Wildman–Crippen MR) is 112 cm³/mol. The van der Waals surface area contributed by atoms with E-state index in [0.717, 1.165) is 16.9 Å². The van der Waals surface area contributed by atoms with E-state index in [1.54, 1.807) is 24.5 Å². The Hall–Kier alpha value is -3.09. The molecule has 0 bridgehead atoms. The second kappa shape index (κ2) is 8.11. The molecule has 150 valence electrons. The van der Waals surface area contributed by atoms with Crippen molar-refractivity contribution in [3.8, 4) is 0 Å². The van der Waals surface area contributed by atoms with E-state index in [-0.39, 0.29) is 11.7 Å². The first-order chi connectivity index (χ1) is 14.1. The van der Waals surface area contributed by atoms with E-state index in [1.165, 1.54) is 12.4 Å². The highest BCUT2D eigenvalue weighted by molar-refractivity contribution is 5.87. The fourth-order valence-corrected chi connectivity index (χ4v) is 3.91. The largest absolute Gasteiger partial charge is 0.368 e. The van der Waals surface area contributed by atoms with E-state index in [9.17, 15) is 9.18 Å². The maximum absolute atomic E-state index is 13.6. The Morgan fingerprint density at radius 1 is 1.17 bits per heavy atom. The average Bonchev–Trinajstić information content (AvgIpc) is 3.25. The van der Waals surface area contributed by atoms with E-state index in [0.29, 0.717) is 39.0 Å². The van der Waals surface area contributed by atoms with Gasteiger partial charge in [-0.25, -0.2) is 9.38 Å². The Kier molecular flexibility index (Phi) is 5.38. The van der Waals surface area contributed by atoms with Gasteiger partial charge in [0.15, 0.2) is 0 Å². The number of pyridine rings is 1. The molecule has 1 fully saturated rings. The van der Waals surface area contributed by atoms with Crippen LogP contribution in [-0.4, -0.2) is 54.5 Å². The van der Waals surface area contributed by atoms with Gasteiger partial charge in [0.05, 0.1) is 5.69 Å². The number of aromatic nitrogens is 1. The summed E-state index contributed by atoms with van der Waals surface area (Å²) in [5.41, 5.74) is 2.10. The summed E-state index contributed by atoms with van der Waals surface area (Å²) in [7, 11) is 0. The van der Waals surface area contributed by atoms with Crippen molar-refractivity contribution in [1.29, 1.82) is 0 Å². The molecule has 0 spiro atoms. The van der Waals surface area contributed by atoms with Gasteiger partial charge in [-0.3, -0.25) is 14.8 Å². The average molecular weight is 393 g/mol. The summed E-state index contributed by atoms with van der Waals surface area (Å²) in [6.45, 7) is 4.63. The van der Waals surface area contributed by atoms with Crippen molar-refractivity contribution in [2.75, 3.05) is 31.1 Å². The monoisotopic (exact) mass is 393 g/mol. The molecule has 4 rings (SSSR count). The van der Waals surface area contributed by atoms with Crippen molar-refractivity contribution in [2.45, 2.75) is 25.3 Å². The van der Waals surface area contributed by atoms with Crippen LogP contribution in [-0.2, 0) is 10.3 Å². The van der Waals surface area contributed by atoms with E-state index in [2.05, 4.69) is 19.9 Å². The van der Waals surface area contributed by atoms with Crippen molar-refractivity contribution in [3.05, 3.63) is 59.7 Å². The molecule has 2 aliphatic heterocycles. The summed E-state index contributed by atoms with van der Waals surface area (Å²) in [6.07, 6.45) is 5.94. The zero-order valence-corrected chi connectivity index (χ0v) is 16.5. The topological polar surface area (TPSA) is 61.2 Å². The zero-order valence-electron chi connectivity index (χ0n) is 16.5. The minimum atomic E-state index is -0.655. The Balaban J connectivity index is 1.36. The molecule has 29 heavy (non-hydrogen) atoms. The molecule has 0 aliphatic carbocycles. The smallest absolute Gasteiger partial charge is 0.222 e. The third-order valence-corrected chi connectivity index (χ3v) is 5.62. The lowest BCUT2D eigenvalue weighted by atomic mass is 9.91. The molecule has 0 N–H and O–H groups in total. The highest BCUT2D eigenvalue weighted by Gasteiger charge is 2.34. The van der Waals surface area contributed by atoms with Gasteiger partial charge in [-0.05, 0) is 43.2 Å². The highest BCUT2D eigenvalue weighted by Crippen LogP contribution is 2.30. The molecule has 1 aromatic carbocycles. The zero-order chi connectivity index (χ0) is 20.3. The van der Waals surface area contributed by atoms with Gasteiger partial charge in [-0.15, -0.1) is 0 Å². The quantitative estimate of drug-likeness (QED) is 0.785. The number of aliphatic imine (C=N–C) groups is 2. The molecule has 6 nitrogen and oxygen atoms in total. The van der Waals surface area contributed by atoms with Gasteiger partial charge in [0.2, 0.25) is 5.91 Å². The number of carbonyl (C=O) groups excluding carboxylic acids is 1. The summed E-state index contributed by atoms with van der Waals surface area (Å²) < 4.78 is 13.6. The maximum atomic E-state index is 13.6. The summed E-state index contributed by atoms with van der Waals surface area (Å²) in [5, 5.41) is 0. The lowest BCUT2D eigenvalue weighted by Gasteiger charge is -2.37. The van der Waals surface area contributed by atoms with Gasteiger partial charge in [-0.2, -0.15) is 0 Å². The SMILES string of the molecule is Cc1ccc(F)cc1N1CCN(C(=O)CCC2(c3ccccn3)C=NC=N2)CC1. The number of anilines is 1. The molecule has 1 unspecified atom stereocenters. The molecule has 3 heterocycles. The standard InChI is InChI=1S/C22H24FN5O/c1-17-5-6-18(23)14-19(17)27-10-12-28(13-11-27)21(29)7-8-22(15-24-16-26-22)20-4-2-3-9-25-20/h2-6,9,14-16H,7-8,10-13H2,1H3. The van der Waals surface area contributed by atoms with Gasteiger partial charge in [0.1, 0.15) is 17.7 Å². The fraction of sp³-hybridized carbons (Fsp3) is 0.364. The van der Waals surface area contributed by atoms with Crippen molar-refractivity contribution in [1.82, 2.24) is 9.88 Å². The molecule has 1 amide bonds. The van der Waals surface area contributed by atoms with Crippen molar-refractivity contribution in [2.24, 2.45) is 9.98 Å². The third-order valence-electron chi connectivity index (χ3n) is 5.62. The number of nitrogens with zero attached hydrogens (tertiary/aromatic N) is 5. The van der Waals surface area contributed by atoms with Crippen LogP contribution in [0, 0.1) is 12.7 Å². The summed E-state index contributed by atoms with van der Waals surface area (Å²) in [5.74, 6) is -0.130. The van der Waals surface area contributed by atoms with Crippen LogP contribution < -0.4 is 4.90 Å². The van der Waals surface area contributed by atoms with E-state index < -0.39 is 5.54 Å². The number of rotatable bonds is 5. The highest BCUT2D eigenvalue weighted by atomic mass is 19.1. The van der Waals surface area contributed by atoms with Gasteiger partial charge in [0.25, 0.3) is 0 Å². The Bertz CT molecular complexity index is 923. The first-order valence-corrected chi connectivity index (χ1v) is 9.86. The molecule has 2 aromatic rings. The number of hydrogen-bond donors (Lipinski definition) is 0. The molecule has 1 saturated heterocycles. The minimum absolute atomic E-state index is 0.103. The van der Waals surface area contributed by atoms with Crippen LogP contribution >= 0.6 is 0 Å². The number of carbonyl (C=O) groups is 1. The second-order valence-corrected chi connectivity index (χ2v) is 7.46. The van der Waals surface area contributed by atoms with E-state index >= 15 is 0 Å². The summed E-state index contributed by atoms with van der Waals surface area (Å²) in [6, 6.07) is 10.5. The first-order valence-electron chi connectivity index (χ1n) is 9.86. The Morgan fingerprint density at radius 2 is 2.00 bits per heavy atom. The number of halogens is 1. The fourth-order valence-electron chi connectivity index (χ4n) is 3.91. The number of benzene rings is 1. The van der Waals surface area contributed by atoms with Crippen molar-refractivity contribution in [3.63, 3.8) is 0 Å². The number of hydrogen-bond acceptors (Lipinski definition) is 5. The van der Waals surface area contributed by atoms with Gasteiger partial charge in [-0.1, -0.05) is 12.1 Å². The molecular weight excluding hydrogens is 369 g/mol. The molecule has 2 aliphatic rings. The number of amides is 1. The normalized spacial score (nSPS) is 21.0.